The lowest BCUT2D eigenvalue weighted by Gasteiger charge is -2.23. The summed E-state index contributed by atoms with van der Waals surface area (Å²) in [6.45, 7) is 1.93. The Kier molecular flexibility index (Phi) is 6.75. The average molecular weight is 314 g/mol. The highest BCUT2D eigenvalue weighted by atomic mass is 19.1. The van der Waals surface area contributed by atoms with Crippen LogP contribution in [0.15, 0.2) is 18.2 Å². The highest BCUT2D eigenvalue weighted by Crippen LogP contribution is 2.22. The third-order valence-corrected chi connectivity index (χ3v) is 3.22. The molecule has 0 aromatic heterocycles. The maximum absolute atomic E-state index is 13.8. The van der Waals surface area contributed by atoms with Crippen LogP contribution in [0.5, 0.6) is 0 Å². The molecule has 2 N–H and O–H groups in total. The smallest absolute Gasteiger partial charge is 0.317 e. The van der Waals surface area contributed by atoms with Gasteiger partial charge in [0, 0.05) is 25.2 Å². The normalized spacial score (nSPS) is 11.8. The lowest BCUT2D eigenvalue weighted by molar-refractivity contribution is -0.137. The van der Waals surface area contributed by atoms with Crippen LogP contribution in [0.1, 0.15) is 37.8 Å². The molecule has 0 bridgehead atoms. The SMILES string of the molecule is CCCC(NC(=O)N(C)CCC(=O)O)c1ccc(F)cc1F. The van der Waals surface area contributed by atoms with Crippen molar-refractivity contribution in [1.82, 2.24) is 10.2 Å². The molecule has 5 nitrogen and oxygen atoms in total. The van der Waals surface area contributed by atoms with E-state index in [-0.39, 0.29) is 18.5 Å². The molecular weight excluding hydrogens is 294 g/mol. The molecule has 1 aromatic carbocycles. The van der Waals surface area contributed by atoms with Gasteiger partial charge in [0.15, 0.2) is 0 Å². The summed E-state index contributed by atoms with van der Waals surface area (Å²) in [6, 6.07) is 2.14. The highest BCUT2D eigenvalue weighted by molar-refractivity contribution is 5.75. The Bertz CT molecular complexity index is 538. The molecule has 2 amide bonds. The zero-order valence-electron chi connectivity index (χ0n) is 12.6. The van der Waals surface area contributed by atoms with Crippen molar-refractivity contribution in [1.29, 1.82) is 0 Å². The molecule has 0 fully saturated rings. The Morgan fingerprint density at radius 1 is 1.36 bits per heavy atom. The Morgan fingerprint density at radius 3 is 2.59 bits per heavy atom. The Labute approximate surface area is 127 Å². The molecule has 0 saturated heterocycles. The van der Waals surface area contributed by atoms with Crippen LogP contribution in [-0.4, -0.2) is 35.6 Å². The summed E-state index contributed by atoms with van der Waals surface area (Å²) in [7, 11) is 1.46. The molecule has 0 aliphatic carbocycles. The molecule has 1 atom stereocenters. The average Bonchev–Trinajstić information content (AvgIpc) is 2.44. The second kappa shape index (κ2) is 8.31. The number of hydrogen-bond donors (Lipinski definition) is 2. The first-order valence-electron chi connectivity index (χ1n) is 7.03. The molecule has 0 radical (unpaired) electrons. The molecule has 0 heterocycles. The van der Waals surface area contributed by atoms with Crippen molar-refractivity contribution in [3.63, 3.8) is 0 Å². The zero-order valence-corrected chi connectivity index (χ0v) is 12.6. The van der Waals surface area contributed by atoms with Crippen molar-refractivity contribution in [2.75, 3.05) is 13.6 Å². The van der Waals surface area contributed by atoms with E-state index >= 15 is 0 Å². The van der Waals surface area contributed by atoms with Crippen molar-refractivity contribution in [3.05, 3.63) is 35.4 Å². The minimum atomic E-state index is -1.01. The molecule has 0 aliphatic rings. The zero-order chi connectivity index (χ0) is 16.7. The first-order valence-corrected chi connectivity index (χ1v) is 7.03. The number of hydrogen-bond acceptors (Lipinski definition) is 2. The van der Waals surface area contributed by atoms with Crippen LogP contribution in [-0.2, 0) is 4.79 Å². The van der Waals surface area contributed by atoms with Gasteiger partial charge in [0.25, 0.3) is 0 Å². The summed E-state index contributed by atoms with van der Waals surface area (Å²) in [5, 5.41) is 11.3. The fourth-order valence-electron chi connectivity index (χ4n) is 2.00. The predicted molar refractivity (Wildman–Crippen MR) is 77.4 cm³/mol. The fourth-order valence-corrected chi connectivity index (χ4v) is 2.00. The van der Waals surface area contributed by atoms with Gasteiger partial charge in [-0.15, -0.1) is 0 Å². The third-order valence-electron chi connectivity index (χ3n) is 3.22. The van der Waals surface area contributed by atoms with Gasteiger partial charge >= 0.3 is 12.0 Å². The van der Waals surface area contributed by atoms with Gasteiger partial charge in [-0.3, -0.25) is 4.79 Å². The quantitative estimate of drug-likeness (QED) is 0.813. The maximum atomic E-state index is 13.8. The van der Waals surface area contributed by atoms with Crippen LogP contribution in [0.3, 0.4) is 0 Å². The van der Waals surface area contributed by atoms with Gasteiger partial charge in [0.1, 0.15) is 11.6 Å². The van der Waals surface area contributed by atoms with Crippen LogP contribution in [0.25, 0.3) is 0 Å². The topological polar surface area (TPSA) is 69.6 Å². The summed E-state index contributed by atoms with van der Waals surface area (Å²) in [5.74, 6) is -2.40. The number of carboxylic acid groups (broad SMARTS) is 1. The lowest BCUT2D eigenvalue weighted by Crippen LogP contribution is -2.40. The second-order valence-corrected chi connectivity index (χ2v) is 5.02. The molecule has 1 unspecified atom stereocenters. The van der Waals surface area contributed by atoms with Crippen molar-refractivity contribution in [3.8, 4) is 0 Å². The number of amides is 2. The van der Waals surface area contributed by atoms with E-state index in [0.717, 1.165) is 12.1 Å². The summed E-state index contributed by atoms with van der Waals surface area (Å²) < 4.78 is 26.8. The Morgan fingerprint density at radius 2 is 2.05 bits per heavy atom. The molecule has 1 aromatic rings. The van der Waals surface area contributed by atoms with E-state index in [9.17, 15) is 18.4 Å². The number of nitrogens with one attached hydrogen (secondary N) is 1. The van der Waals surface area contributed by atoms with Gasteiger partial charge in [0.05, 0.1) is 12.5 Å². The Balaban J connectivity index is 2.79. The molecule has 0 aliphatic heterocycles. The van der Waals surface area contributed by atoms with Crippen LogP contribution in [0.4, 0.5) is 13.6 Å². The summed E-state index contributed by atoms with van der Waals surface area (Å²) in [5.41, 5.74) is 0.211. The number of rotatable bonds is 7. The first-order chi connectivity index (χ1) is 10.3. The summed E-state index contributed by atoms with van der Waals surface area (Å²) in [4.78, 5) is 23.7. The fraction of sp³-hybridized carbons (Fsp3) is 0.467. The number of halogens is 2. The standard InChI is InChI=1S/C15H20F2N2O3/c1-3-4-13(11-6-5-10(16)9-12(11)17)18-15(22)19(2)8-7-14(20)21/h5-6,9,13H,3-4,7-8H2,1-2H3,(H,18,22)(H,20,21). The van der Waals surface area contributed by atoms with Gasteiger partial charge in [0.2, 0.25) is 0 Å². The maximum Gasteiger partial charge on any atom is 0.317 e. The van der Waals surface area contributed by atoms with Crippen molar-refractivity contribution < 1.29 is 23.5 Å². The van der Waals surface area contributed by atoms with Crippen LogP contribution < -0.4 is 5.32 Å². The van der Waals surface area contributed by atoms with E-state index in [4.69, 9.17) is 5.11 Å². The summed E-state index contributed by atoms with van der Waals surface area (Å²) in [6.07, 6.45) is 1.01. The highest BCUT2D eigenvalue weighted by Gasteiger charge is 2.20. The molecule has 0 spiro atoms. The first kappa shape index (κ1) is 17.9. The number of urea groups is 1. The lowest BCUT2D eigenvalue weighted by atomic mass is 10.0. The largest absolute Gasteiger partial charge is 0.481 e. The van der Waals surface area contributed by atoms with Crippen molar-refractivity contribution in [2.24, 2.45) is 0 Å². The van der Waals surface area contributed by atoms with E-state index in [1.165, 1.54) is 18.0 Å². The van der Waals surface area contributed by atoms with E-state index in [1.54, 1.807) is 0 Å². The molecule has 7 heteroatoms. The number of carbonyl (C=O) groups excluding carboxylic acids is 1. The molecular formula is C15H20F2N2O3. The van der Waals surface area contributed by atoms with Crippen molar-refractivity contribution >= 4 is 12.0 Å². The number of benzene rings is 1. The number of aliphatic carboxylic acids is 1. The Hall–Kier alpha value is -2.18. The van der Waals surface area contributed by atoms with Gasteiger partial charge in [-0.2, -0.15) is 0 Å². The van der Waals surface area contributed by atoms with E-state index in [2.05, 4.69) is 5.32 Å². The van der Waals surface area contributed by atoms with Crippen LogP contribution in [0, 0.1) is 11.6 Å². The minimum Gasteiger partial charge on any atom is -0.481 e. The van der Waals surface area contributed by atoms with Crippen molar-refractivity contribution in [2.45, 2.75) is 32.2 Å². The van der Waals surface area contributed by atoms with Gasteiger partial charge < -0.3 is 15.3 Å². The van der Waals surface area contributed by atoms with Crippen LogP contribution >= 0.6 is 0 Å². The van der Waals surface area contributed by atoms with Crippen LogP contribution in [0.2, 0.25) is 0 Å². The van der Waals surface area contributed by atoms with E-state index in [1.807, 2.05) is 6.92 Å². The number of carbonyl (C=O) groups is 2. The van der Waals surface area contributed by atoms with Gasteiger partial charge in [-0.05, 0) is 12.5 Å². The molecule has 0 saturated carbocycles. The third kappa shape index (κ3) is 5.31. The second-order valence-electron chi connectivity index (χ2n) is 5.02. The monoisotopic (exact) mass is 314 g/mol. The molecule has 122 valence electrons. The molecule has 1 rings (SSSR count). The van der Waals surface area contributed by atoms with Gasteiger partial charge in [-0.1, -0.05) is 19.4 Å². The predicted octanol–water partition coefficient (Wildman–Crippen LogP) is 2.92. The van der Waals surface area contributed by atoms with E-state index in [0.29, 0.717) is 12.8 Å². The number of carboxylic acids is 1. The van der Waals surface area contributed by atoms with E-state index < -0.39 is 29.7 Å². The summed E-state index contributed by atoms with van der Waals surface area (Å²) >= 11 is 0. The molecule has 22 heavy (non-hydrogen) atoms. The number of nitrogens with zero attached hydrogens (tertiary/aromatic N) is 1. The van der Waals surface area contributed by atoms with Gasteiger partial charge in [-0.25, -0.2) is 13.6 Å². The minimum absolute atomic E-state index is 0.0475.